The molecule has 0 radical (unpaired) electrons. The van der Waals surface area contributed by atoms with E-state index in [1.165, 1.54) is 0 Å². The summed E-state index contributed by atoms with van der Waals surface area (Å²) in [5.74, 6) is 0.0575. The molecule has 1 aromatic carbocycles. The maximum absolute atomic E-state index is 11.8. The molecule has 0 heterocycles. The van der Waals surface area contributed by atoms with E-state index in [1.54, 1.807) is 6.08 Å². The molecule has 16 heavy (non-hydrogen) atoms. The molecule has 2 nitrogen and oxygen atoms in total. The molecule has 0 aliphatic rings. The lowest BCUT2D eigenvalue weighted by atomic mass is 10.1. The Morgan fingerprint density at radius 3 is 2.62 bits per heavy atom. The van der Waals surface area contributed by atoms with Gasteiger partial charge in [-0.05, 0) is 13.3 Å². The largest absolute Gasteiger partial charge is 0.388 e. The van der Waals surface area contributed by atoms with E-state index in [0.717, 1.165) is 30.6 Å². The van der Waals surface area contributed by atoms with Gasteiger partial charge >= 0.3 is 0 Å². The van der Waals surface area contributed by atoms with E-state index in [1.807, 2.05) is 37.3 Å². The van der Waals surface area contributed by atoms with Gasteiger partial charge < -0.3 is 5.32 Å². The average Bonchev–Trinajstić information content (AvgIpc) is 2.30. The molecular formula is C14H19NO. The van der Waals surface area contributed by atoms with Crippen LogP contribution in [0.5, 0.6) is 0 Å². The Morgan fingerprint density at radius 2 is 2.00 bits per heavy atom. The van der Waals surface area contributed by atoms with Crippen molar-refractivity contribution in [2.75, 3.05) is 6.54 Å². The fraction of sp³-hybridized carbons (Fsp3) is 0.357. The van der Waals surface area contributed by atoms with E-state index in [-0.39, 0.29) is 5.78 Å². The lowest BCUT2D eigenvalue weighted by Gasteiger charge is -2.04. The standard InChI is InChI=1S/C14H19NO/c1-3-4-10-15-12(2)11-14(16)13-8-6-5-7-9-13/h5-9,11,15H,3-4,10H2,1-2H3. The van der Waals surface area contributed by atoms with E-state index in [0.29, 0.717) is 0 Å². The van der Waals surface area contributed by atoms with Gasteiger partial charge in [-0.15, -0.1) is 0 Å². The predicted molar refractivity (Wildman–Crippen MR) is 67.4 cm³/mol. The monoisotopic (exact) mass is 217 g/mol. The Morgan fingerprint density at radius 1 is 1.31 bits per heavy atom. The smallest absolute Gasteiger partial charge is 0.187 e. The van der Waals surface area contributed by atoms with Gasteiger partial charge in [-0.1, -0.05) is 43.7 Å². The van der Waals surface area contributed by atoms with E-state index in [2.05, 4.69) is 12.2 Å². The van der Waals surface area contributed by atoms with Gasteiger partial charge in [0.05, 0.1) is 0 Å². The molecule has 0 unspecified atom stereocenters. The minimum atomic E-state index is 0.0575. The molecule has 0 aliphatic heterocycles. The predicted octanol–water partition coefficient (Wildman–Crippen LogP) is 3.16. The zero-order chi connectivity index (χ0) is 11.8. The molecule has 0 saturated carbocycles. The highest BCUT2D eigenvalue weighted by atomic mass is 16.1. The SMILES string of the molecule is CCCCNC(C)=CC(=O)c1ccccc1. The normalized spacial score (nSPS) is 11.2. The first kappa shape index (κ1) is 12.5. The molecule has 2 heteroatoms. The van der Waals surface area contributed by atoms with Crippen LogP contribution in [0.4, 0.5) is 0 Å². The van der Waals surface area contributed by atoms with Crippen LogP contribution in [0.15, 0.2) is 42.1 Å². The first-order valence-corrected chi connectivity index (χ1v) is 5.75. The van der Waals surface area contributed by atoms with E-state index >= 15 is 0 Å². The number of ketones is 1. The first-order valence-electron chi connectivity index (χ1n) is 5.75. The van der Waals surface area contributed by atoms with Crippen molar-refractivity contribution >= 4 is 5.78 Å². The number of nitrogens with one attached hydrogen (secondary N) is 1. The number of carbonyl (C=O) groups excluding carboxylic acids is 1. The molecule has 0 aliphatic carbocycles. The van der Waals surface area contributed by atoms with Gasteiger partial charge in [0.1, 0.15) is 0 Å². The highest BCUT2D eigenvalue weighted by molar-refractivity contribution is 6.04. The Hall–Kier alpha value is -1.57. The second-order valence-corrected chi connectivity index (χ2v) is 3.84. The summed E-state index contributed by atoms with van der Waals surface area (Å²) in [6.45, 7) is 5.01. The lowest BCUT2D eigenvalue weighted by molar-refractivity contribution is 0.104. The van der Waals surface area contributed by atoms with Gasteiger partial charge in [0.2, 0.25) is 0 Å². The maximum atomic E-state index is 11.8. The van der Waals surface area contributed by atoms with Gasteiger partial charge in [-0.3, -0.25) is 4.79 Å². The molecule has 0 atom stereocenters. The highest BCUT2D eigenvalue weighted by Gasteiger charge is 2.01. The number of benzene rings is 1. The van der Waals surface area contributed by atoms with Crippen LogP contribution in [0.1, 0.15) is 37.0 Å². The summed E-state index contributed by atoms with van der Waals surface area (Å²) in [4.78, 5) is 11.8. The third-order valence-electron chi connectivity index (χ3n) is 2.34. The summed E-state index contributed by atoms with van der Waals surface area (Å²) in [6, 6.07) is 9.32. The van der Waals surface area contributed by atoms with Crippen LogP contribution in [-0.4, -0.2) is 12.3 Å². The second kappa shape index (κ2) is 6.83. The van der Waals surface area contributed by atoms with Crippen molar-refractivity contribution < 1.29 is 4.79 Å². The molecule has 0 bridgehead atoms. The Bertz CT molecular complexity index is 354. The van der Waals surface area contributed by atoms with Crippen LogP contribution in [0.3, 0.4) is 0 Å². The minimum absolute atomic E-state index is 0.0575. The number of allylic oxidation sites excluding steroid dienone is 2. The molecule has 0 amide bonds. The number of unbranched alkanes of at least 4 members (excludes halogenated alkanes) is 1. The fourth-order valence-corrected chi connectivity index (χ4v) is 1.40. The van der Waals surface area contributed by atoms with Crippen LogP contribution in [-0.2, 0) is 0 Å². The molecule has 1 rings (SSSR count). The van der Waals surface area contributed by atoms with Crippen LogP contribution in [0, 0.1) is 0 Å². The van der Waals surface area contributed by atoms with Gasteiger partial charge in [-0.25, -0.2) is 0 Å². The molecule has 86 valence electrons. The van der Waals surface area contributed by atoms with Crippen molar-refractivity contribution in [3.8, 4) is 0 Å². The first-order chi connectivity index (χ1) is 7.74. The molecule has 1 N–H and O–H groups in total. The number of carbonyl (C=O) groups is 1. The summed E-state index contributed by atoms with van der Waals surface area (Å²) in [5, 5.41) is 3.22. The topological polar surface area (TPSA) is 29.1 Å². The third kappa shape index (κ3) is 4.30. The zero-order valence-electron chi connectivity index (χ0n) is 9.99. The Balaban J connectivity index is 2.52. The van der Waals surface area contributed by atoms with Crippen LogP contribution >= 0.6 is 0 Å². The van der Waals surface area contributed by atoms with Gasteiger partial charge in [0.25, 0.3) is 0 Å². The zero-order valence-corrected chi connectivity index (χ0v) is 9.99. The summed E-state index contributed by atoms with van der Waals surface area (Å²) in [7, 11) is 0. The molecule has 0 fully saturated rings. The van der Waals surface area contributed by atoms with Crippen molar-refractivity contribution in [3.05, 3.63) is 47.7 Å². The van der Waals surface area contributed by atoms with Crippen molar-refractivity contribution in [2.45, 2.75) is 26.7 Å². The van der Waals surface area contributed by atoms with Crippen LogP contribution in [0.25, 0.3) is 0 Å². The van der Waals surface area contributed by atoms with Crippen LogP contribution < -0.4 is 5.32 Å². The summed E-state index contributed by atoms with van der Waals surface area (Å²) in [5.41, 5.74) is 1.67. The van der Waals surface area contributed by atoms with E-state index in [4.69, 9.17) is 0 Å². The van der Waals surface area contributed by atoms with Crippen LogP contribution in [0.2, 0.25) is 0 Å². The molecule has 1 aromatic rings. The third-order valence-corrected chi connectivity index (χ3v) is 2.34. The van der Waals surface area contributed by atoms with Crippen molar-refractivity contribution in [1.82, 2.24) is 5.32 Å². The fourth-order valence-electron chi connectivity index (χ4n) is 1.40. The summed E-state index contributed by atoms with van der Waals surface area (Å²) < 4.78 is 0. The average molecular weight is 217 g/mol. The van der Waals surface area contributed by atoms with E-state index in [9.17, 15) is 4.79 Å². The van der Waals surface area contributed by atoms with Gasteiger partial charge in [-0.2, -0.15) is 0 Å². The van der Waals surface area contributed by atoms with Gasteiger partial charge in [0.15, 0.2) is 5.78 Å². The Labute approximate surface area is 97.4 Å². The summed E-state index contributed by atoms with van der Waals surface area (Å²) in [6.07, 6.45) is 3.95. The van der Waals surface area contributed by atoms with Crippen molar-refractivity contribution in [1.29, 1.82) is 0 Å². The Kier molecular flexibility index (Phi) is 5.34. The minimum Gasteiger partial charge on any atom is -0.388 e. The quantitative estimate of drug-likeness (QED) is 0.450. The second-order valence-electron chi connectivity index (χ2n) is 3.84. The lowest BCUT2D eigenvalue weighted by Crippen LogP contribution is -2.13. The maximum Gasteiger partial charge on any atom is 0.187 e. The number of rotatable bonds is 6. The number of hydrogen-bond acceptors (Lipinski definition) is 2. The molecule has 0 saturated heterocycles. The van der Waals surface area contributed by atoms with Gasteiger partial charge in [0, 0.05) is 23.9 Å². The molecule has 0 aromatic heterocycles. The number of hydrogen-bond donors (Lipinski definition) is 1. The van der Waals surface area contributed by atoms with Crippen molar-refractivity contribution in [2.24, 2.45) is 0 Å². The van der Waals surface area contributed by atoms with Crippen molar-refractivity contribution in [3.63, 3.8) is 0 Å². The highest BCUT2D eigenvalue weighted by Crippen LogP contribution is 2.02. The molecule has 0 spiro atoms. The van der Waals surface area contributed by atoms with E-state index < -0.39 is 0 Å². The summed E-state index contributed by atoms with van der Waals surface area (Å²) >= 11 is 0. The molecular weight excluding hydrogens is 198 g/mol.